The van der Waals surface area contributed by atoms with Crippen molar-refractivity contribution in [3.8, 4) is 23.0 Å². The molecule has 0 saturated carbocycles. The summed E-state index contributed by atoms with van der Waals surface area (Å²) in [7, 11) is 1.57. The van der Waals surface area contributed by atoms with Gasteiger partial charge >= 0.3 is 6.36 Å². The first-order valence-electron chi connectivity index (χ1n) is 11.4. The maximum Gasteiger partial charge on any atom is 0.573 e. The van der Waals surface area contributed by atoms with Gasteiger partial charge in [0.2, 0.25) is 0 Å². The van der Waals surface area contributed by atoms with Crippen LogP contribution in [-0.4, -0.2) is 50.0 Å². The highest BCUT2D eigenvalue weighted by molar-refractivity contribution is 7.09. The van der Waals surface area contributed by atoms with Gasteiger partial charge in [-0.15, -0.1) is 24.5 Å². The van der Waals surface area contributed by atoms with Crippen LogP contribution in [0, 0.1) is 0 Å². The smallest absolute Gasteiger partial charge is 0.493 e. The molecule has 0 atom stereocenters. The molecule has 2 aromatic carbocycles. The summed E-state index contributed by atoms with van der Waals surface area (Å²) in [6, 6.07) is 10.3. The summed E-state index contributed by atoms with van der Waals surface area (Å²) in [5.41, 5.74) is 1.21. The van der Waals surface area contributed by atoms with Crippen LogP contribution in [0.4, 0.5) is 13.2 Å². The number of carbonyl (C=O) groups is 2. The number of amides is 2. The van der Waals surface area contributed by atoms with E-state index in [1.165, 1.54) is 23.5 Å². The van der Waals surface area contributed by atoms with Crippen molar-refractivity contribution < 1.29 is 41.7 Å². The SMILES string of the molecule is CCOc1cc(CCNC(=O)c2csc(CNC(=O)COc3ccc(OC(F)(F)F)cc3)n2)ccc1OC. The van der Waals surface area contributed by atoms with Gasteiger partial charge in [-0.1, -0.05) is 6.07 Å². The van der Waals surface area contributed by atoms with E-state index in [4.69, 9.17) is 14.2 Å². The number of nitrogens with zero attached hydrogens (tertiary/aromatic N) is 1. The van der Waals surface area contributed by atoms with Crippen molar-refractivity contribution in [1.29, 1.82) is 0 Å². The maximum absolute atomic E-state index is 12.4. The van der Waals surface area contributed by atoms with E-state index in [2.05, 4.69) is 20.4 Å². The first kappa shape index (κ1) is 28.6. The lowest BCUT2D eigenvalue weighted by molar-refractivity contribution is -0.274. The minimum Gasteiger partial charge on any atom is -0.493 e. The zero-order valence-corrected chi connectivity index (χ0v) is 21.4. The summed E-state index contributed by atoms with van der Waals surface area (Å²) in [6.07, 6.45) is -4.20. The fourth-order valence-electron chi connectivity index (χ4n) is 3.16. The first-order valence-corrected chi connectivity index (χ1v) is 12.3. The van der Waals surface area contributed by atoms with E-state index < -0.39 is 18.0 Å². The molecule has 0 spiro atoms. The van der Waals surface area contributed by atoms with Gasteiger partial charge in [0.05, 0.1) is 20.3 Å². The van der Waals surface area contributed by atoms with Gasteiger partial charge in [-0.2, -0.15) is 0 Å². The minimum absolute atomic E-state index is 0.0879. The Hall–Kier alpha value is -4.00. The van der Waals surface area contributed by atoms with Crippen LogP contribution in [0.1, 0.15) is 28.0 Å². The topological polar surface area (TPSA) is 108 Å². The second kappa shape index (κ2) is 13.5. The maximum atomic E-state index is 12.4. The molecule has 204 valence electrons. The third kappa shape index (κ3) is 9.14. The van der Waals surface area contributed by atoms with Crippen molar-refractivity contribution in [3.63, 3.8) is 0 Å². The number of methoxy groups -OCH3 is 1. The normalized spacial score (nSPS) is 11.0. The molecule has 1 heterocycles. The highest BCUT2D eigenvalue weighted by atomic mass is 32.1. The van der Waals surface area contributed by atoms with Gasteiger partial charge in [0.25, 0.3) is 11.8 Å². The molecule has 13 heteroatoms. The lowest BCUT2D eigenvalue weighted by atomic mass is 10.1. The van der Waals surface area contributed by atoms with Crippen LogP contribution < -0.4 is 29.6 Å². The highest BCUT2D eigenvalue weighted by Crippen LogP contribution is 2.28. The van der Waals surface area contributed by atoms with Crippen molar-refractivity contribution in [2.75, 3.05) is 26.9 Å². The quantitative estimate of drug-likeness (QED) is 0.328. The Balaban J connectivity index is 1.39. The number of aromatic nitrogens is 1. The van der Waals surface area contributed by atoms with Gasteiger partial charge in [0.15, 0.2) is 18.1 Å². The van der Waals surface area contributed by atoms with Gasteiger partial charge in [0.1, 0.15) is 22.2 Å². The summed E-state index contributed by atoms with van der Waals surface area (Å²) in [6.45, 7) is 2.52. The molecule has 0 unspecified atom stereocenters. The van der Waals surface area contributed by atoms with E-state index in [0.717, 1.165) is 17.7 Å². The number of ether oxygens (including phenoxy) is 4. The van der Waals surface area contributed by atoms with Crippen LogP contribution >= 0.6 is 11.3 Å². The molecule has 0 fully saturated rings. The Kier molecular flexibility index (Phi) is 10.2. The molecule has 0 aliphatic rings. The fourth-order valence-corrected chi connectivity index (χ4v) is 3.88. The van der Waals surface area contributed by atoms with E-state index >= 15 is 0 Å². The van der Waals surface area contributed by atoms with Crippen LogP contribution in [0.5, 0.6) is 23.0 Å². The Bertz CT molecular complexity index is 1220. The van der Waals surface area contributed by atoms with Crippen LogP contribution in [0.25, 0.3) is 0 Å². The summed E-state index contributed by atoms with van der Waals surface area (Å²) < 4.78 is 56.5. The summed E-state index contributed by atoms with van der Waals surface area (Å²) in [4.78, 5) is 28.7. The standard InChI is InChI=1S/C25H26F3N3O6S/c1-3-35-21-12-16(4-9-20(21)34-2)10-11-29-24(33)19-15-38-23(31-19)13-30-22(32)14-36-17-5-7-18(8-6-17)37-25(26,27)28/h4-9,12,15H,3,10-11,13-14H2,1-2H3,(H,29,33)(H,30,32). The number of thiazole rings is 1. The first-order chi connectivity index (χ1) is 18.2. The van der Waals surface area contributed by atoms with Crippen LogP contribution in [0.15, 0.2) is 47.8 Å². The van der Waals surface area contributed by atoms with Gasteiger partial charge in [-0.05, 0) is 55.3 Å². The van der Waals surface area contributed by atoms with Crippen molar-refractivity contribution >= 4 is 23.2 Å². The van der Waals surface area contributed by atoms with Crippen LogP contribution in [-0.2, 0) is 17.8 Å². The fraction of sp³-hybridized carbons (Fsp3) is 0.320. The van der Waals surface area contributed by atoms with Gasteiger partial charge in [-0.3, -0.25) is 9.59 Å². The number of hydrogen-bond donors (Lipinski definition) is 2. The van der Waals surface area contributed by atoms with Gasteiger partial charge < -0.3 is 29.6 Å². The number of rotatable bonds is 13. The molecule has 9 nitrogen and oxygen atoms in total. The summed E-state index contributed by atoms with van der Waals surface area (Å²) >= 11 is 1.22. The zero-order chi connectivity index (χ0) is 27.5. The molecule has 0 bridgehead atoms. The Morgan fingerprint density at radius 1 is 1.00 bits per heavy atom. The van der Waals surface area contributed by atoms with Crippen LogP contribution in [0.2, 0.25) is 0 Å². The predicted octanol–water partition coefficient (Wildman–Crippen LogP) is 4.12. The number of nitrogens with one attached hydrogen (secondary N) is 2. The highest BCUT2D eigenvalue weighted by Gasteiger charge is 2.31. The van der Waals surface area contributed by atoms with E-state index in [1.54, 1.807) is 12.5 Å². The third-order valence-electron chi connectivity index (χ3n) is 4.88. The zero-order valence-electron chi connectivity index (χ0n) is 20.6. The second-order valence-corrected chi connectivity index (χ2v) is 8.58. The largest absolute Gasteiger partial charge is 0.573 e. The molecular formula is C25H26F3N3O6S. The Labute approximate surface area is 220 Å². The number of benzene rings is 2. The minimum atomic E-state index is -4.79. The average Bonchev–Trinajstić information content (AvgIpc) is 3.36. The molecule has 38 heavy (non-hydrogen) atoms. The van der Waals surface area contributed by atoms with Gasteiger partial charge in [0, 0.05) is 11.9 Å². The van der Waals surface area contributed by atoms with Crippen molar-refractivity contribution in [2.24, 2.45) is 0 Å². The molecule has 0 aliphatic carbocycles. The lowest BCUT2D eigenvalue weighted by Gasteiger charge is -2.11. The van der Waals surface area contributed by atoms with E-state index in [0.29, 0.717) is 36.1 Å². The van der Waals surface area contributed by atoms with E-state index in [9.17, 15) is 22.8 Å². The molecule has 3 rings (SSSR count). The predicted molar refractivity (Wildman–Crippen MR) is 133 cm³/mol. The number of halogens is 3. The molecule has 0 aliphatic heterocycles. The molecule has 3 aromatic rings. The number of hydrogen-bond acceptors (Lipinski definition) is 8. The van der Waals surface area contributed by atoms with Crippen LogP contribution in [0.3, 0.4) is 0 Å². The van der Waals surface area contributed by atoms with Crippen molar-refractivity contribution in [3.05, 3.63) is 64.1 Å². The molecule has 1 aromatic heterocycles. The van der Waals surface area contributed by atoms with Crippen molar-refractivity contribution in [1.82, 2.24) is 15.6 Å². The van der Waals surface area contributed by atoms with Gasteiger partial charge in [-0.25, -0.2) is 4.98 Å². The molecule has 0 radical (unpaired) electrons. The second-order valence-electron chi connectivity index (χ2n) is 7.64. The monoisotopic (exact) mass is 553 g/mol. The van der Waals surface area contributed by atoms with E-state index in [1.807, 2.05) is 25.1 Å². The molecule has 0 saturated heterocycles. The lowest BCUT2D eigenvalue weighted by Crippen LogP contribution is -2.28. The summed E-state index contributed by atoms with van der Waals surface area (Å²) in [5.74, 6) is 0.290. The summed E-state index contributed by atoms with van der Waals surface area (Å²) in [5, 5.41) is 7.54. The molecule has 2 N–H and O–H groups in total. The number of carbonyl (C=O) groups excluding carboxylic acids is 2. The third-order valence-corrected chi connectivity index (χ3v) is 5.72. The Morgan fingerprint density at radius 3 is 2.42 bits per heavy atom. The molecule has 2 amide bonds. The Morgan fingerprint density at radius 2 is 1.74 bits per heavy atom. The van der Waals surface area contributed by atoms with Crippen molar-refractivity contribution in [2.45, 2.75) is 26.3 Å². The van der Waals surface area contributed by atoms with E-state index in [-0.39, 0.29) is 30.5 Å². The molecular weight excluding hydrogens is 527 g/mol. The number of alkyl halides is 3. The average molecular weight is 554 g/mol.